The van der Waals surface area contributed by atoms with E-state index in [9.17, 15) is 9.59 Å². The fourth-order valence-electron chi connectivity index (χ4n) is 2.19. The second-order valence-electron chi connectivity index (χ2n) is 4.98. The molecule has 0 aliphatic carbocycles. The summed E-state index contributed by atoms with van der Waals surface area (Å²) in [6, 6.07) is 9.82. The van der Waals surface area contributed by atoms with Crippen LogP contribution >= 0.6 is 0 Å². The lowest BCUT2D eigenvalue weighted by molar-refractivity contribution is -0.124. The summed E-state index contributed by atoms with van der Waals surface area (Å²) >= 11 is 0. The fourth-order valence-corrected chi connectivity index (χ4v) is 2.19. The van der Waals surface area contributed by atoms with Gasteiger partial charge in [-0.3, -0.25) is 14.9 Å². The van der Waals surface area contributed by atoms with Gasteiger partial charge in [-0.15, -0.1) is 0 Å². The summed E-state index contributed by atoms with van der Waals surface area (Å²) in [4.78, 5) is 23.1. The second-order valence-corrected chi connectivity index (χ2v) is 4.98. The van der Waals surface area contributed by atoms with Gasteiger partial charge in [-0.2, -0.15) is 0 Å². The molecular formula is C15H17NO2. The monoisotopic (exact) mass is 243 g/mol. The Hall–Kier alpha value is -1.90. The number of hydrogen-bond acceptors (Lipinski definition) is 2. The maximum absolute atomic E-state index is 11.8. The van der Waals surface area contributed by atoms with Crippen LogP contribution in [0.2, 0.25) is 0 Å². The van der Waals surface area contributed by atoms with Crippen LogP contribution in [0.3, 0.4) is 0 Å². The Bertz CT molecular complexity index is 500. The number of carbonyl (C=O) groups is 2. The first-order valence-corrected chi connectivity index (χ1v) is 6.19. The molecule has 0 aromatic heterocycles. The number of imide groups is 1. The quantitative estimate of drug-likeness (QED) is 0.655. The van der Waals surface area contributed by atoms with Crippen molar-refractivity contribution < 1.29 is 9.59 Å². The van der Waals surface area contributed by atoms with Crippen LogP contribution in [0.5, 0.6) is 0 Å². The largest absolute Gasteiger partial charge is 0.292 e. The number of hydrogen-bond donors (Lipinski definition) is 1. The Morgan fingerprint density at radius 2 is 1.89 bits per heavy atom. The first kappa shape index (κ1) is 12.6. The van der Waals surface area contributed by atoms with Crippen LogP contribution in [-0.4, -0.2) is 11.8 Å². The minimum atomic E-state index is -0.237. The number of allylic oxidation sites excluding steroid dienone is 1. The van der Waals surface area contributed by atoms with Gasteiger partial charge in [-0.05, 0) is 23.5 Å². The molecule has 94 valence electrons. The molecule has 0 bridgehead atoms. The summed E-state index contributed by atoms with van der Waals surface area (Å²) in [7, 11) is 0. The lowest BCUT2D eigenvalue weighted by atomic mass is 9.91. The van der Waals surface area contributed by atoms with Gasteiger partial charge < -0.3 is 0 Å². The molecule has 0 unspecified atom stereocenters. The van der Waals surface area contributed by atoms with E-state index < -0.39 is 0 Å². The highest BCUT2D eigenvalue weighted by molar-refractivity contribution is 6.17. The van der Waals surface area contributed by atoms with E-state index in [1.165, 1.54) is 0 Å². The molecule has 0 saturated carbocycles. The Labute approximate surface area is 107 Å². The number of nitrogens with one attached hydrogen (secondary N) is 1. The van der Waals surface area contributed by atoms with Crippen molar-refractivity contribution in [3.63, 3.8) is 0 Å². The molecule has 1 aromatic rings. The van der Waals surface area contributed by atoms with Crippen molar-refractivity contribution in [3.05, 3.63) is 41.5 Å². The van der Waals surface area contributed by atoms with Crippen molar-refractivity contribution in [2.75, 3.05) is 0 Å². The molecule has 2 rings (SSSR count). The Kier molecular flexibility index (Phi) is 3.60. The van der Waals surface area contributed by atoms with Gasteiger partial charge in [0.05, 0.1) is 6.42 Å². The number of amides is 2. The third kappa shape index (κ3) is 2.67. The summed E-state index contributed by atoms with van der Waals surface area (Å²) in [5, 5.41) is 2.35. The molecule has 18 heavy (non-hydrogen) atoms. The van der Waals surface area contributed by atoms with Crippen molar-refractivity contribution in [1.29, 1.82) is 0 Å². The third-order valence-electron chi connectivity index (χ3n) is 2.96. The van der Waals surface area contributed by atoms with Gasteiger partial charge in [-0.25, -0.2) is 0 Å². The molecule has 0 radical (unpaired) electrons. The average Bonchev–Trinajstić information content (AvgIpc) is 2.66. The van der Waals surface area contributed by atoms with Gasteiger partial charge in [-0.1, -0.05) is 44.2 Å². The van der Waals surface area contributed by atoms with Crippen LogP contribution in [-0.2, 0) is 9.59 Å². The normalized spacial score (nSPS) is 18.2. The van der Waals surface area contributed by atoms with Crippen LogP contribution in [0.4, 0.5) is 0 Å². The van der Waals surface area contributed by atoms with Crippen LogP contribution in [0, 0.1) is 5.92 Å². The van der Waals surface area contributed by atoms with E-state index in [0.29, 0.717) is 11.5 Å². The molecule has 1 fully saturated rings. The van der Waals surface area contributed by atoms with Crippen molar-refractivity contribution in [2.24, 2.45) is 5.92 Å². The van der Waals surface area contributed by atoms with Gasteiger partial charge in [0.1, 0.15) is 0 Å². The van der Waals surface area contributed by atoms with E-state index in [4.69, 9.17) is 0 Å². The zero-order chi connectivity index (χ0) is 13.1. The van der Waals surface area contributed by atoms with Gasteiger partial charge in [0.2, 0.25) is 5.91 Å². The van der Waals surface area contributed by atoms with Crippen molar-refractivity contribution in [1.82, 2.24) is 5.32 Å². The Morgan fingerprint density at radius 3 is 2.39 bits per heavy atom. The van der Waals surface area contributed by atoms with Crippen molar-refractivity contribution in [2.45, 2.75) is 26.7 Å². The first-order valence-electron chi connectivity index (χ1n) is 6.19. The molecule has 1 saturated heterocycles. The van der Waals surface area contributed by atoms with E-state index in [2.05, 4.69) is 19.2 Å². The van der Waals surface area contributed by atoms with E-state index >= 15 is 0 Å². The number of carbonyl (C=O) groups excluding carboxylic acids is 2. The zero-order valence-electron chi connectivity index (χ0n) is 10.7. The molecule has 1 aliphatic rings. The fraction of sp³-hybridized carbons (Fsp3) is 0.333. The van der Waals surface area contributed by atoms with Crippen LogP contribution in [0.15, 0.2) is 35.9 Å². The maximum atomic E-state index is 11.8. The first-order chi connectivity index (χ1) is 8.58. The predicted octanol–water partition coefficient (Wildman–Crippen LogP) is 2.53. The van der Waals surface area contributed by atoms with Crippen molar-refractivity contribution in [3.8, 4) is 0 Å². The van der Waals surface area contributed by atoms with Crippen LogP contribution in [0.1, 0.15) is 32.3 Å². The highest BCUT2D eigenvalue weighted by atomic mass is 16.2. The van der Waals surface area contributed by atoms with Crippen LogP contribution < -0.4 is 5.32 Å². The van der Waals surface area contributed by atoms with Gasteiger partial charge >= 0.3 is 0 Å². The lowest BCUT2D eigenvalue weighted by Gasteiger charge is -2.12. The lowest BCUT2D eigenvalue weighted by Crippen LogP contribution is -2.19. The Morgan fingerprint density at radius 1 is 1.22 bits per heavy atom. The molecule has 3 nitrogen and oxygen atoms in total. The molecule has 3 heteroatoms. The van der Waals surface area contributed by atoms with Gasteiger partial charge in [0.25, 0.3) is 5.91 Å². The Balaban J connectivity index is 2.46. The van der Waals surface area contributed by atoms with E-state index in [0.717, 1.165) is 17.6 Å². The minimum Gasteiger partial charge on any atom is -0.292 e. The molecule has 1 aromatic carbocycles. The van der Waals surface area contributed by atoms with E-state index in [1.807, 2.05) is 30.3 Å². The predicted molar refractivity (Wildman–Crippen MR) is 70.6 cm³/mol. The summed E-state index contributed by atoms with van der Waals surface area (Å²) < 4.78 is 0. The smallest absolute Gasteiger partial charge is 0.254 e. The van der Waals surface area contributed by atoms with Gasteiger partial charge in [0, 0.05) is 5.57 Å². The second kappa shape index (κ2) is 5.17. The van der Waals surface area contributed by atoms with Crippen molar-refractivity contribution >= 4 is 17.4 Å². The molecule has 1 aliphatic heterocycles. The summed E-state index contributed by atoms with van der Waals surface area (Å²) in [6.07, 6.45) is 1.01. The van der Waals surface area contributed by atoms with Crippen LogP contribution in [0.25, 0.3) is 5.57 Å². The summed E-state index contributed by atoms with van der Waals surface area (Å²) in [5.74, 6) is 0.00268. The SMILES string of the molecule is CC(C)C/C(=C1/CC(=O)NC1=O)c1ccccc1. The summed E-state index contributed by atoms with van der Waals surface area (Å²) in [6.45, 7) is 4.22. The molecule has 1 heterocycles. The topological polar surface area (TPSA) is 46.2 Å². The highest BCUT2D eigenvalue weighted by Crippen LogP contribution is 2.29. The third-order valence-corrected chi connectivity index (χ3v) is 2.96. The average molecular weight is 243 g/mol. The molecule has 2 amide bonds. The van der Waals surface area contributed by atoms with Gasteiger partial charge in [0.15, 0.2) is 0 Å². The summed E-state index contributed by atoms with van der Waals surface area (Å²) in [5.41, 5.74) is 2.65. The molecule has 0 atom stereocenters. The molecule has 0 spiro atoms. The zero-order valence-corrected chi connectivity index (χ0v) is 10.7. The minimum absolute atomic E-state index is 0.202. The molecule has 1 N–H and O–H groups in total. The maximum Gasteiger partial charge on any atom is 0.254 e. The molecular weight excluding hydrogens is 226 g/mol. The van der Waals surface area contributed by atoms with E-state index in [-0.39, 0.29) is 18.2 Å². The standard InChI is InChI=1S/C15H17NO2/c1-10(2)8-12(11-6-4-3-5-7-11)13-9-14(17)16-15(13)18/h3-7,10H,8-9H2,1-2H3,(H,16,17,18)/b13-12+. The number of benzene rings is 1. The van der Waals surface area contributed by atoms with E-state index in [1.54, 1.807) is 0 Å². The number of rotatable bonds is 3. The highest BCUT2D eigenvalue weighted by Gasteiger charge is 2.27.